The maximum absolute atomic E-state index is 4.82. The Bertz CT molecular complexity index is 542. The Morgan fingerprint density at radius 3 is 2.35 bits per heavy atom. The summed E-state index contributed by atoms with van der Waals surface area (Å²) in [6.45, 7) is 10.9. The highest BCUT2D eigenvalue weighted by Gasteiger charge is 2.13. The summed E-state index contributed by atoms with van der Waals surface area (Å²) in [5, 5.41) is 1.18. The Morgan fingerprint density at radius 1 is 1.06 bits per heavy atom. The van der Waals surface area contributed by atoms with Gasteiger partial charge in [0.05, 0.1) is 5.52 Å². The molecule has 0 unspecified atom stereocenters. The van der Waals surface area contributed by atoms with Crippen LogP contribution in [0.4, 0.5) is 0 Å². The molecule has 0 spiro atoms. The Hall–Kier alpha value is -1.44. The second-order valence-electron chi connectivity index (χ2n) is 5.24. The van der Waals surface area contributed by atoms with Crippen molar-refractivity contribution >= 4 is 10.9 Å². The van der Waals surface area contributed by atoms with E-state index in [0.717, 1.165) is 11.2 Å². The van der Waals surface area contributed by atoms with Crippen LogP contribution in [0.5, 0.6) is 0 Å². The van der Waals surface area contributed by atoms with Crippen LogP contribution in [0.1, 0.15) is 56.5 Å². The molecule has 0 aliphatic carbocycles. The third-order valence-electron chi connectivity index (χ3n) is 3.17. The van der Waals surface area contributed by atoms with Gasteiger partial charge in [0.2, 0.25) is 0 Å². The monoisotopic (exact) mass is 228 g/mol. The van der Waals surface area contributed by atoms with E-state index in [-0.39, 0.29) is 0 Å². The van der Waals surface area contributed by atoms with Gasteiger partial charge < -0.3 is 0 Å². The average Bonchev–Trinajstić information content (AvgIpc) is 2.27. The molecule has 0 amide bonds. The molecule has 2 heteroatoms. The van der Waals surface area contributed by atoms with E-state index >= 15 is 0 Å². The third kappa shape index (κ3) is 2.17. The Morgan fingerprint density at radius 2 is 1.76 bits per heavy atom. The van der Waals surface area contributed by atoms with E-state index < -0.39 is 0 Å². The van der Waals surface area contributed by atoms with Crippen molar-refractivity contribution in [3.8, 4) is 0 Å². The van der Waals surface area contributed by atoms with Crippen LogP contribution < -0.4 is 0 Å². The molecule has 2 heterocycles. The van der Waals surface area contributed by atoms with Gasteiger partial charge in [-0.1, -0.05) is 27.7 Å². The van der Waals surface area contributed by atoms with Crippen molar-refractivity contribution in [2.45, 2.75) is 46.5 Å². The predicted molar refractivity (Wildman–Crippen MR) is 72.5 cm³/mol. The van der Waals surface area contributed by atoms with Gasteiger partial charge in [0.25, 0.3) is 0 Å². The molecular weight excluding hydrogens is 208 g/mol. The first-order chi connectivity index (χ1) is 8.00. The summed E-state index contributed by atoms with van der Waals surface area (Å²) < 4.78 is 0. The summed E-state index contributed by atoms with van der Waals surface area (Å²) in [5.74, 6) is 0.967. The normalized spacial score (nSPS) is 11.7. The van der Waals surface area contributed by atoms with Crippen LogP contribution in [-0.2, 0) is 0 Å². The minimum atomic E-state index is 0.463. The molecule has 0 bridgehead atoms. The molecule has 0 radical (unpaired) electrons. The zero-order valence-corrected chi connectivity index (χ0v) is 11.3. The van der Waals surface area contributed by atoms with Gasteiger partial charge in [-0.05, 0) is 36.5 Å². The topological polar surface area (TPSA) is 25.8 Å². The number of fused-ring (bicyclic) bond motifs is 1. The highest BCUT2D eigenvalue weighted by molar-refractivity contribution is 5.81. The van der Waals surface area contributed by atoms with Crippen LogP contribution in [0.15, 0.2) is 18.3 Å². The van der Waals surface area contributed by atoms with Crippen LogP contribution >= 0.6 is 0 Å². The minimum Gasteiger partial charge on any atom is -0.261 e. The molecule has 0 fully saturated rings. The molecule has 0 saturated heterocycles. The first-order valence-electron chi connectivity index (χ1n) is 6.27. The number of pyridine rings is 2. The fraction of sp³-hybridized carbons (Fsp3) is 0.467. The summed E-state index contributed by atoms with van der Waals surface area (Å²) >= 11 is 0. The van der Waals surface area contributed by atoms with Gasteiger partial charge in [-0.3, -0.25) is 9.97 Å². The lowest BCUT2D eigenvalue weighted by Gasteiger charge is -2.16. The highest BCUT2D eigenvalue weighted by atomic mass is 14.7. The Kier molecular flexibility index (Phi) is 3.14. The predicted octanol–water partition coefficient (Wildman–Crippen LogP) is 4.19. The Labute approximate surface area is 103 Å². The molecule has 2 nitrogen and oxygen atoms in total. The van der Waals surface area contributed by atoms with Crippen molar-refractivity contribution in [1.82, 2.24) is 9.97 Å². The molecule has 17 heavy (non-hydrogen) atoms. The number of hydrogen-bond acceptors (Lipinski definition) is 2. The van der Waals surface area contributed by atoms with E-state index in [9.17, 15) is 0 Å². The molecule has 2 aromatic rings. The summed E-state index contributed by atoms with van der Waals surface area (Å²) in [5.41, 5.74) is 4.69. The molecule has 0 saturated carbocycles. The number of nitrogens with zero attached hydrogens (tertiary/aromatic N) is 2. The van der Waals surface area contributed by atoms with Crippen LogP contribution in [0, 0.1) is 6.92 Å². The van der Waals surface area contributed by atoms with Gasteiger partial charge in [-0.15, -0.1) is 0 Å². The lowest BCUT2D eigenvalue weighted by Crippen LogP contribution is -2.03. The maximum Gasteiger partial charge on any atom is 0.0739 e. The van der Waals surface area contributed by atoms with E-state index in [1.165, 1.54) is 16.6 Å². The van der Waals surface area contributed by atoms with Crippen LogP contribution in [0.2, 0.25) is 0 Å². The molecule has 0 aliphatic heterocycles. The van der Waals surface area contributed by atoms with E-state index in [2.05, 4.69) is 38.7 Å². The van der Waals surface area contributed by atoms with Gasteiger partial charge in [0, 0.05) is 23.0 Å². The zero-order chi connectivity index (χ0) is 12.6. The number of rotatable bonds is 2. The van der Waals surface area contributed by atoms with E-state index in [4.69, 9.17) is 4.98 Å². The second kappa shape index (κ2) is 4.44. The largest absolute Gasteiger partial charge is 0.261 e. The summed E-state index contributed by atoms with van der Waals surface area (Å²) in [6.07, 6.45) is 1.84. The molecule has 2 aromatic heterocycles. The van der Waals surface area contributed by atoms with Crippen molar-refractivity contribution in [2.24, 2.45) is 0 Å². The fourth-order valence-corrected chi connectivity index (χ4v) is 2.19. The van der Waals surface area contributed by atoms with Gasteiger partial charge in [-0.25, -0.2) is 0 Å². The van der Waals surface area contributed by atoms with Gasteiger partial charge in [-0.2, -0.15) is 0 Å². The first-order valence-corrected chi connectivity index (χ1v) is 6.27. The fourth-order valence-electron chi connectivity index (χ4n) is 2.19. The van der Waals surface area contributed by atoms with Crippen molar-refractivity contribution in [1.29, 1.82) is 0 Å². The molecule has 0 aliphatic rings. The van der Waals surface area contributed by atoms with E-state index in [1.807, 2.05) is 19.2 Å². The number of hydrogen-bond donors (Lipinski definition) is 0. The molecule has 90 valence electrons. The molecule has 2 rings (SSSR count). The minimum absolute atomic E-state index is 0.463. The van der Waals surface area contributed by atoms with Gasteiger partial charge >= 0.3 is 0 Å². The lowest BCUT2D eigenvalue weighted by molar-refractivity contribution is 0.764. The maximum atomic E-state index is 4.82. The molecule has 0 N–H and O–H groups in total. The lowest BCUT2D eigenvalue weighted by atomic mass is 9.94. The van der Waals surface area contributed by atoms with Crippen LogP contribution in [-0.4, -0.2) is 9.97 Å². The zero-order valence-electron chi connectivity index (χ0n) is 11.3. The van der Waals surface area contributed by atoms with Crippen molar-refractivity contribution in [3.63, 3.8) is 0 Å². The van der Waals surface area contributed by atoms with Gasteiger partial charge in [0.15, 0.2) is 0 Å². The molecule has 0 atom stereocenters. The highest BCUT2D eigenvalue weighted by Crippen LogP contribution is 2.28. The van der Waals surface area contributed by atoms with Crippen LogP contribution in [0.25, 0.3) is 10.9 Å². The molecular formula is C15H20N2. The summed E-state index contributed by atoms with van der Waals surface area (Å²) in [4.78, 5) is 9.16. The Balaban J connectivity index is 2.77. The number of aromatic nitrogens is 2. The van der Waals surface area contributed by atoms with Crippen molar-refractivity contribution < 1.29 is 0 Å². The molecule has 0 aromatic carbocycles. The van der Waals surface area contributed by atoms with Crippen LogP contribution in [0.3, 0.4) is 0 Å². The quantitative estimate of drug-likeness (QED) is 0.770. The standard InChI is InChI=1S/C15H20N2/c1-9(2)12-8-13-11(5)16-7-6-14(13)17-15(12)10(3)4/h6-10H,1-5H3. The van der Waals surface area contributed by atoms with Gasteiger partial charge in [0.1, 0.15) is 0 Å². The second-order valence-corrected chi connectivity index (χ2v) is 5.24. The first kappa shape index (κ1) is 12.0. The SMILES string of the molecule is Cc1nccc2nc(C(C)C)c(C(C)C)cc12. The van der Waals surface area contributed by atoms with E-state index in [1.54, 1.807) is 0 Å². The summed E-state index contributed by atoms with van der Waals surface area (Å²) in [6, 6.07) is 4.27. The summed E-state index contributed by atoms with van der Waals surface area (Å²) in [7, 11) is 0. The van der Waals surface area contributed by atoms with E-state index in [0.29, 0.717) is 11.8 Å². The smallest absolute Gasteiger partial charge is 0.0739 e. The third-order valence-corrected chi connectivity index (χ3v) is 3.17. The average molecular weight is 228 g/mol. The van der Waals surface area contributed by atoms with Crippen molar-refractivity contribution in [2.75, 3.05) is 0 Å². The van der Waals surface area contributed by atoms with Crippen molar-refractivity contribution in [3.05, 3.63) is 35.3 Å². The number of aryl methyl sites for hydroxylation is 1.